The maximum absolute atomic E-state index is 11.8. The molecule has 0 saturated carbocycles. The van der Waals surface area contributed by atoms with Crippen molar-refractivity contribution in [2.24, 2.45) is 4.99 Å². The van der Waals surface area contributed by atoms with Crippen LogP contribution in [-0.4, -0.2) is 24.5 Å². The lowest BCUT2D eigenvalue weighted by molar-refractivity contribution is -0.120. The molecule has 0 radical (unpaired) electrons. The molecule has 0 bridgehead atoms. The summed E-state index contributed by atoms with van der Waals surface area (Å²) in [6.45, 7) is 4.64. The molecule has 1 aliphatic heterocycles. The third kappa shape index (κ3) is 2.46. The van der Waals surface area contributed by atoms with E-state index in [9.17, 15) is 4.79 Å². The Bertz CT molecular complexity index is 428. The number of carbonyl (C=O) groups excluding carboxylic acids is 1. The Kier molecular flexibility index (Phi) is 3.42. The minimum atomic E-state index is -0.234. The van der Waals surface area contributed by atoms with Crippen LogP contribution in [0.2, 0.25) is 0 Å². The van der Waals surface area contributed by atoms with Gasteiger partial charge >= 0.3 is 0 Å². The Morgan fingerprint density at radius 2 is 2.06 bits per heavy atom. The van der Waals surface area contributed by atoms with Gasteiger partial charge in [-0.3, -0.25) is 15.1 Å². The van der Waals surface area contributed by atoms with Gasteiger partial charge in [-0.15, -0.1) is 0 Å². The van der Waals surface area contributed by atoms with E-state index < -0.39 is 0 Å². The Hall–Kier alpha value is -1.84. The molecule has 2 rings (SSSR count). The Morgan fingerprint density at radius 1 is 1.35 bits per heavy atom. The molecule has 4 nitrogen and oxygen atoms in total. The Labute approximate surface area is 101 Å². The van der Waals surface area contributed by atoms with Gasteiger partial charge in [-0.1, -0.05) is 37.3 Å². The van der Waals surface area contributed by atoms with E-state index >= 15 is 0 Å². The van der Waals surface area contributed by atoms with Gasteiger partial charge in [-0.05, 0) is 12.5 Å². The van der Waals surface area contributed by atoms with E-state index in [2.05, 4.69) is 15.6 Å². The molecule has 4 heteroatoms. The van der Waals surface area contributed by atoms with Crippen LogP contribution in [0.25, 0.3) is 0 Å². The maximum atomic E-state index is 11.8. The third-order valence-corrected chi connectivity index (χ3v) is 2.96. The molecule has 0 spiro atoms. The molecular weight excluding hydrogens is 214 g/mol. The van der Waals surface area contributed by atoms with Crippen LogP contribution in [-0.2, 0) is 4.79 Å². The summed E-state index contributed by atoms with van der Waals surface area (Å²) < 4.78 is 0. The van der Waals surface area contributed by atoms with Gasteiger partial charge < -0.3 is 5.32 Å². The van der Waals surface area contributed by atoms with Crippen LogP contribution in [0.4, 0.5) is 0 Å². The summed E-state index contributed by atoms with van der Waals surface area (Å²) in [6, 6.07) is 9.79. The number of carbonyl (C=O) groups is 1. The van der Waals surface area contributed by atoms with Crippen LogP contribution in [0.1, 0.15) is 25.3 Å². The van der Waals surface area contributed by atoms with Crippen molar-refractivity contribution in [2.75, 3.05) is 6.54 Å². The van der Waals surface area contributed by atoms with E-state index in [-0.39, 0.29) is 17.9 Å². The smallest absolute Gasteiger partial charge is 0.249 e. The van der Waals surface area contributed by atoms with Gasteiger partial charge in [0.05, 0.1) is 0 Å². The van der Waals surface area contributed by atoms with Gasteiger partial charge in [0.1, 0.15) is 6.04 Å². The predicted molar refractivity (Wildman–Crippen MR) is 67.9 cm³/mol. The molecule has 2 atom stereocenters. The summed E-state index contributed by atoms with van der Waals surface area (Å²) in [5, 5.41) is 5.88. The third-order valence-electron chi connectivity index (χ3n) is 2.96. The van der Waals surface area contributed by atoms with E-state index in [4.69, 9.17) is 0 Å². The van der Waals surface area contributed by atoms with Crippen molar-refractivity contribution in [3.05, 3.63) is 35.9 Å². The summed E-state index contributed by atoms with van der Waals surface area (Å²) in [5.74, 6) is 0.708. The van der Waals surface area contributed by atoms with Gasteiger partial charge in [0.25, 0.3) is 0 Å². The second-order valence-corrected chi connectivity index (χ2v) is 4.13. The molecule has 0 aromatic heterocycles. The van der Waals surface area contributed by atoms with Crippen LogP contribution in [0, 0.1) is 0 Å². The predicted octanol–water partition coefficient (Wildman–Crippen LogP) is 1.25. The number of aliphatic imine (C=N–C) groups is 1. The van der Waals surface area contributed by atoms with Crippen molar-refractivity contribution in [1.82, 2.24) is 10.6 Å². The molecule has 17 heavy (non-hydrogen) atoms. The monoisotopic (exact) mass is 231 g/mol. The summed E-state index contributed by atoms with van der Waals surface area (Å²) >= 11 is 0. The standard InChI is InChI=1S/C13H17N3O/c1-3-14-13-15-11(12(17)16-13)9(2)10-7-5-4-6-8-10/h4-9,11H,3H2,1-2H3,(H2,14,15,16,17). The first-order valence-electron chi connectivity index (χ1n) is 5.89. The highest BCUT2D eigenvalue weighted by Gasteiger charge is 2.33. The highest BCUT2D eigenvalue weighted by atomic mass is 16.2. The van der Waals surface area contributed by atoms with E-state index in [1.54, 1.807) is 0 Å². The minimum absolute atomic E-state index is 0.00597. The number of nitrogens with zero attached hydrogens (tertiary/aromatic N) is 1. The lowest BCUT2D eigenvalue weighted by atomic mass is 9.93. The molecule has 1 saturated heterocycles. The molecule has 90 valence electrons. The molecule has 1 fully saturated rings. The topological polar surface area (TPSA) is 53.5 Å². The van der Waals surface area contributed by atoms with Crippen molar-refractivity contribution in [1.29, 1.82) is 0 Å². The molecular formula is C13H17N3O. The summed E-state index contributed by atoms with van der Waals surface area (Å²) in [6.07, 6.45) is 0. The van der Waals surface area contributed by atoms with Crippen LogP contribution >= 0.6 is 0 Å². The molecule has 1 aromatic carbocycles. The zero-order valence-corrected chi connectivity index (χ0v) is 10.1. The summed E-state index contributed by atoms with van der Waals surface area (Å²) in [5.41, 5.74) is 1.15. The van der Waals surface area contributed by atoms with Gasteiger partial charge in [-0.2, -0.15) is 0 Å². The lowest BCUT2D eigenvalue weighted by Gasteiger charge is -2.17. The van der Waals surface area contributed by atoms with E-state index in [0.717, 1.165) is 5.56 Å². The van der Waals surface area contributed by atoms with Crippen LogP contribution in [0.15, 0.2) is 35.3 Å². The van der Waals surface area contributed by atoms with Gasteiger partial charge in [0.2, 0.25) is 5.91 Å². The fourth-order valence-electron chi connectivity index (χ4n) is 1.99. The largest absolute Gasteiger partial charge is 0.344 e. The molecule has 0 aliphatic carbocycles. The number of rotatable bonds is 3. The molecule has 1 amide bonds. The molecule has 1 aliphatic rings. The summed E-state index contributed by atoms with van der Waals surface area (Å²) in [7, 11) is 0. The van der Waals surface area contributed by atoms with Crippen LogP contribution in [0.5, 0.6) is 0 Å². The van der Waals surface area contributed by atoms with Crippen molar-refractivity contribution >= 4 is 11.9 Å². The maximum Gasteiger partial charge on any atom is 0.249 e. The van der Waals surface area contributed by atoms with Crippen molar-refractivity contribution in [2.45, 2.75) is 25.8 Å². The van der Waals surface area contributed by atoms with Crippen LogP contribution < -0.4 is 10.6 Å². The molecule has 1 aromatic rings. The fraction of sp³-hybridized carbons (Fsp3) is 0.385. The highest BCUT2D eigenvalue weighted by molar-refractivity contribution is 6.06. The number of amides is 1. The van der Waals surface area contributed by atoms with Gasteiger partial charge in [-0.25, -0.2) is 0 Å². The second-order valence-electron chi connectivity index (χ2n) is 4.13. The van der Waals surface area contributed by atoms with Gasteiger partial charge in [0.15, 0.2) is 5.96 Å². The highest BCUT2D eigenvalue weighted by Crippen LogP contribution is 2.20. The quantitative estimate of drug-likeness (QED) is 0.822. The number of guanidine groups is 1. The first-order valence-corrected chi connectivity index (χ1v) is 5.89. The Morgan fingerprint density at radius 3 is 2.71 bits per heavy atom. The zero-order valence-electron chi connectivity index (χ0n) is 10.1. The minimum Gasteiger partial charge on any atom is -0.344 e. The molecule has 2 N–H and O–H groups in total. The Balaban J connectivity index is 2.14. The SMILES string of the molecule is CCN=C1NC(=O)C(C(C)c2ccccc2)N1. The average molecular weight is 231 g/mol. The lowest BCUT2D eigenvalue weighted by Crippen LogP contribution is -2.34. The average Bonchev–Trinajstić information content (AvgIpc) is 2.71. The number of hydrogen-bond donors (Lipinski definition) is 2. The fourth-order valence-corrected chi connectivity index (χ4v) is 1.99. The molecule has 2 unspecified atom stereocenters. The van der Waals surface area contributed by atoms with Crippen molar-refractivity contribution in [3.63, 3.8) is 0 Å². The van der Waals surface area contributed by atoms with E-state index in [0.29, 0.717) is 12.5 Å². The second kappa shape index (κ2) is 4.99. The first kappa shape index (κ1) is 11.6. The number of hydrogen-bond acceptors (Lipinski definition) is 2. The zero-order chi connectivity index (χ0) is 12.3. The number of benzene rings is 1. The molecule has 1 heterocycles. The number of nitrogens with one attached hydrogen (secondary N) is 2. The first-order chi connectivity index (χ1) is 8.22. The summed E-state index contributed by atoms with van der Waals surface area (Å²) in [4.78, 5) is 16.0. The normalized spacial score (nSPS) is 23.3. The van der Waals surface area contributed by atoms with Crippen molar-refractivity contribution < 1.29 is 4.79 Å². The van der Waals surface area contributed by atoms with E-state index in [1.807, 2.05) is 44.2 Å². The van der Waals surface area contributed by atoms with Gasteiger partial charge in [0, 0.05) is 12.5 Å². The van der Waals surface area contributed by atoms with Crippen LogP contribution in [0.3, 0.4) is 0 Å². The van der Waals surface area contributed by atoms with E-state index in [1.165, 1.54) is 0 Å². The van der Waals surface area contributed by atoms with Crippen molar-refractivity contribution in [3.8, 4) is 0 Å².